The fraction of sp³-hybridized carbons (Fsp3) is 0.477. The lowest BCUT2D eigenvalue weighted by atomic mass is 10.0. The number of amides is 5. The summed E-state index contributed by atoms with van der Waals surface area (Å²) in [4.78, 5) is 89.0. The fourth-order valence-corrected chi connectivity index (χ4v) is 7.81. The number of ether oxygens (including phenoxy) is 4. The molecule has 0 spiro atoms. The Hall–Kier alpha value is -5.82. The van der Waals surface area contributed by atoms with E-state index >= 15 is 0 Å². The van der Waals surface area contributed by atoms with Crippen LogP contribution < -0.4 is 10.0 Å². The van der Waals surface area contributed by atoms with Gasteiger partial charge in [0, 0.05) is 46.1 Å². The number of fused-ring (bicyclic) bond motifs is 1. The summed E-state index contributed by atoms with van der Waals surface area (Å²) in [6.45, 7) is 17.0. The first kappa shape index (κ1) is 49.8. The molecule has 0 saturated carbocycles. The number of sulfonamides is 1. The maximum absolute atomic E-state index is 14.3. The molecule has 0 fully saturated rings. The van der Waals surface area contributed by atoms with Crippen molar-refractivity contribution in [1.29, 1.82) is 0 Å². The molecule has 1 aromatic heterocycles. The number of benzene rings is 2. The Balaban J connectivity index is 1.69. The second-order valence-electron chi connectivity index (χ2n) is 17.7. The lowest BCUT2D eigenvalue weighted by molar-refractivity contribution is -0.142. The number of anilines is 1. The standard InChI is InChI=1S/C44H57N5O12S2/c1-12-58-35(50)25-32-24-30-26-48(22-21-34(30)62-32)38(52)33(23-27-13-19-31(20-14-27)47-63(11,56)57)45-37(51)29-17-15-28(16-18-29)36(46-39(53)59-42(2,3)4)49(40(54)60-43(5,6)7)41(55)61-44(8,9)10/h13-20,24,33,47H,12,21-23,25-26H2,1-11H3,(H,45,51)/t33-/m0/s1. The summed E-state index contributed by atoms with van der Waals surface area (Å²) in [5, 5.41) is 2.86. The minimum Gasteiger partial charge on any atom is -0.466 e. The van der Waals surface area contributed by atoms with Crippen molar-refractivity contribution < 1.29 is 56.1 Å². The molecule has 0 saturated heterocycles. The third-order valence-electron chi connectivity index (χ3n) is 8.51. The van der Waals surface area contributed by atoms with Crippen LogP contribution in [-0.2, 0) is 64.4 Å². The lowest BCUT2D eigenvalue weighted by Crippen LogP contribution is -2.50. The van der Waals surface area contributed by atoms with Crippen LogP contribution in [0, 0.1) is 0 Å². The van der Waals surface area contributed by atoms with Gasteiger partial charge in [0.2, 0.25) is 15.9 Å². The first-order valence-electron chi connectivity index (χ1n) is 20.2. The van der Waals surface area contributed by atoms with Gasteiger partial charge in [-0.3, -0.25) is 19.1 Å². The van der Waals surface area contributed by atoms with Crippen molar-refractivity contribution in [3.63, 3.8) is 0 Å². The van der Waals surface area contributed by atoms with Crippen molar-refractivity contribution in [2.45, 2.75) is 118 Å². The molecular formula is C44H57N5O12S2. The van der Waals surface area contributed by atoms with Crippen LogP contribution >= 0.6 is 11.3 Å². The van der Waals surface area contributed by atoms with E-state index in [-0.39, 0.29) is 49.0 Å². The van der Waals surface area contributed by atoms with E-state index in [1.165, 1.54) is 35.6 Å². The van der Waals surface area contributed by atoms with E-state index in [1.807, 2.05) is 6.07 Å². The molecule has 17 nitrogen and oxygen atoms in total. The minimum atomic E-state index is -3.54. The van der Waals surface area contributed by atoms with Crippen LogP contribution in [0.25, 0.3) is 0 Å². The number of esters is 1. The number of aliphatic imine (C=N–C) groups is 1. The zero-order valence-corrected chi connectivity index (χ0v) is 39.2. The quantitative estimate of drug-likeness (QED) is 0.0860. The Morgan fingerprint density at radius 2 is 1.38 bits per heavy atom. The highest BCUT2D eigenvalue weighted by Crippen LogP contribution is 2.30. The van der Waals surface area contributed by atoms with Gasteiger partial charge in [-0.05, 0) is 117 Å². The molecule has 2 aromatic carbocycles. The smallest absolute Gasteiger partial charge is 0.436 e. The van der Waals surface area contributed by atoms with Gasteiger partial charge in [-0.15, -0.1) is 11.3 Å². The van der Waals surface area contributed by atoms with Crippen molar-refractivity contribution in [2.75, 3.05) is 24.1 Å². The van der Waals surface area contributed by atoms with Gasteiger partial charge in [0.15, 0.2) is 5.84 Å². The van der Waals surface area contributed by atoms with E-state index in [1.54, 1.807) is 98.4 Å². The largest absolute Gasteiger partial charge is 0.466 e. The van der Waals surface area contributed by atoms with Gasteiger partial charge < -0.3 is 29.2 Å². The van der Waals surface area contributed by atoms with Gasteiger partial charge >= 0.3 is 24.2 Å². The molecule has 0 bridgehead atoms. The molecule has 342 valence electrons. The van der Waals surface area contributed by atoms with Crippen LogP contribution in [0.1, 0.15) is 106 Å². The predicted molar refractivity (Wildman–Crippen MR) is 237 cm³/mol. The SMILES string of the molecule is CCOC(=O)Cc1cc2c(s1)CCN(C(=O)[C@H](Cc1ccc(NS(C)(=O)=O)cc1)NC(=O)c1ccc(C(=NC(=O)OC(C)(C)C)N(C(=O)OC(C)(C)C)C(=O)OC(C)(C)C)cc1)C2. The van der Waals surface area contributed by atoms with E-state index in [0.29, 0.717) is 29.1 Å². The van der Waals surface area contributed by atoms with E-state index in [2.05, 4.69) is 15.0 Å². The number of imide groups is 1. The Labute approximate surface area is 372 Å². The summed E-state index contributed by atoms with van der Waals surface area (Å²) in [6.07, 6.45) is -1.78. The molecule has 5 amide bonds. The Morgan fingerprint density at radius 3 is 1.90 bits per heavy atom. The number of thiophene rings is 1. The highest BCUT2D eigenvalue weighted by Gasteiger charge is 2.37. The summed E-state index contributed by atoms with van der Waals surface area (Å²) in [5.41, 5.74) is -1.20. The normalized spacial score (nSPS) is 13.8. The molecule has 1 atom stereocenters. The summed E-state index contributed by atoms with van der Waals surface area (Å²) in [6, 6.07) is 12.7. The Morgan fingerprint density at radius 1 is 0.825 bits per heavy atom. The summed E-state index contributed by atoms with van der Waals surface area (Å²) in [5.74, 6) is -1.86. The maximum Gasteiger partial charge on any atom is 0.436 e. The zero-order chi connectivity index (χ0) is 47.1. The molecule has 3 aromatic rings. The van der Waals surface area contributed by atoms with Crippen molar-refractivity contribution in [2.24, 2.45) is 4.99 Å². The van der Waals surface area contributed by atoms with E-state index < -0.39 is 62.9 Å². The minimum absolute atomic E-state index is 0.0340. The third-order valence-corrected chi connectivity index (χ3v) is 10.4. The van der Waals surface area contributed by atoms with Gasteiger partial charge in [0.05, 0.1) is 19.3 Å². The van der Waals surface area contributed by atoms with Crippen molar-refractivity contribution in [3.8, 4) is 0 Å². The lowest BCUT2D eigenvalue weighted by Gasteiger charge is -2.31. The van der Waals surface area contributed by atoms with Crippen LogP contribution in [0.15, 0.2) is 59.6 Å². The molecule has 0 aliphatic carbocycles. The predicted octanol–water partition coefficient (Wildman–Crippen LogP) is 7.01. The monoisotopic (exact) mass is 911 g/mol. The summed E-state index contributed by atoms with van der Waals surface area (Å²) >= 11 is 1.50. The number of carbonyl (C=O) groups is 6. The van der Waals surface area contributed by atoms with E-state index in [9.17, 15) is 37.2 Å². The molecule has 2 N–H and O–H groups in total. The Kier molecular flexibility index (Phi) is 15.9. The highest BCUT2D eigenvalue weighted by molar-refractivity contribution is 7.92. The number of nitrogens with zero attached hydrogens (tertiary/aromatic N) is 3. The number of rotatable bonds is 11. The number of hydrogen-bond donors (Lipinski definition) is 2. The first-order chi connectivity index (χ1) is 29.1. The molecule has 4 rings (SSSR count). The highest BCUT2D eigenvalue weighted by atomic mass is 32.2. The van der Waals surface area contributed by atoms with E-state index in [0.717, 1.165) is 21.6 Å². The van der Waals surface area contributed by atoms with Gasteiger partial charge in [0.25, 0.3) is 5.91 Å². The van der Waals surface area contributed by atoms with Gasteiger partial charge in [-0.25, -0.2) is 22.8 Å². The fourth-order valence-electron chi connectivity index (χ4n) is 6.09. The van der Waals surface area contributed by atoms with Crippen LogP contribution in [-0.4, -0.2) is 102 Å². The molecule has 2 heterocycles. The van der Waals surface area contributed by atoms with Crippen molar-refractivity contribution in [3.05, 3.63) is 86.6 Å². The maximum atomic E-state index is 14.3. The van der Waals surface area contributed by atoms with Crippen LogP contribution in [0.2, 0.25) is 0 Å². The average molecular weight is 912 g/mol. The van der Waals surface area contributed by atoms with Crippen LogP contribution in [0.4, 0.5) is 20.1 Å². The summed E-state index contributed by atoms with van der Waals surface area (Å²) < 4.78 is 47.6. The number of amidine groups is 1. The van der Waals surface area contributed by atoms with Gasteiger partial charge in [-0.1, -0.05) is 24.3 Å². The topological polar surface area (TPSA) is 216 Å². The molecule has 19 heteroatoms. The first-order valence-corrected chi connectivity index (χ1v) is 22.9. The molecule has 1 aliphatic heterocycles. The van der Waals surface area contributed by atoms with Gasteiger partial charge in [0.1, 0.15) is 22.8 Å². The number of nitrogens with one attached hydrogen (secondary N) is 2. The second kappa shape index (κ2) is 20.1. The van der Waals surface area contributed by atoms with Crippen LogP contribution in [0.5, 0.6) is 0 Å². The summed E-state index contributed by atoms with van der Waals surface area (Å²) in [7, 11) is -3.54. The molecule has 1 aliphatic rings. The number of carbonyl (C=O) groups excluding carboxylic acids is 6. The Bertz CT molecular complexity index is 2290. The van der Waals surface area contributed by atoms with Crippen molar-refractivity contribution in [1.82, 2.24) is 15.1 Å². The molecule has 0 radical (unpaired) electrons. The van der Waals surface area contributed by atoms with E-state index in [4.69, 9.17) is 18.9 Å². The molecule has 63 heavy (non-hydrogen) atoms. The van der Waals surface area contributed by atoms with Crippen molar-refractivity contribution >= 4 is 68.9 Å². The molecule has 0 unspecified atom stereocenters. The molecular weight excluding hydrogens is 855 g/mol. The number of hydrogen-bond acceptors (Lipinski definition) is 13. The third kappa shape index (κ3) is 15.8. The van der Waals surface area contributed by atoms with Crippen LogP contribution in [0.3, 0.4) is 0 Å². The zero-order valence-electron chi connectivity index (χ0n) is 37.6. The van der Waals surface area contributed by atoms with Gasteiger partial charge in [-0.2, -0.15) is 9.89 Å². The average Bonchev–Trinajstić information content (AvgIpc) is 3.53. The second-order valence-corrected chi connectivity index (χ2v) is 20.7.